The molecule has 0 aliphatic carbocycles. The first kappa shape index (κ1) is 15.8. The van der Waals surface area contributed by atoms with E-state index in [9.17, 15) is 4.79 Å². The van der Waals surface area contributed by atoms with Gasteiger partial charge in [0.25, 0.3) is 0 Å². The molecule has 2 heterocycles. The van der Waals surface area contributed by atoms with Crippen molar-refractivity contribution in [1.29, 1.82) is 0 Å². The number of carbonyl (C=O) groups excluding carboxylic acids is 1. The van der Waals surface area contributed by atoms with Crippen LogP contribution in [0.5, 0.6) is 0 Å². The Labute approximate surface area is 130 Å². The van der Waals surface area contributed by atoms with Crippen LogP contribution in [0.4, 0.5) is 0 Å². The average molecular weight is 305 g/mol. The minimum absolute atomic E-state index is 0.211. The zero-order chi connectivity index (χ0) is 15.2. The van der Waals surface area contributed by atoms with Crippen molar-refractivity contribution < 1.29 is 4.79 Å². The Morgan fingerprint density at radius 1 is 1.48 bits per heavy atom. The van der Waals surface area contributed by atoms with E-state index in [2.05, 4.69) is 35.7 Å². The third-order valence-corrected chi connectivity index (χ3v) is 4.11. The Bertz CT molecular complexity index is 560. The number of aryl methyl sites for hydroxylation is 2. The number of aromatic nitrogens is 2. The van der Waals surface area contributed by atoms with Crippen LogP contribution in [-0.4, -0.2) is 26.9 Å². The Hall–Kier alpha value is -1.62. The molecule has 0 aromatic carbocycles. The molecule has 0 N–H and O–H groups in total. The molecule has 1 amide bonds. The van der Waals surface area contributed by atoms with Gasteiger partial charge in [-0.3, -0.25) is 4.79 Å². The van der Waals surface area contributed by atoms with Gasteiger partial charge in [-0.15, -0.1) is 0 Å². The number of carbonyl (C=O) groups is 1. The molecule has 0 saturated carbocycles. The molecule has 0 bridgehead atoms. The summed E-state index contributed by atoms with van der Waals surface area (Å²) < 4.78 is 2.02. The van der Waals surface area contributed by atoms with E-state index in [1.165, 1.54) is 5.56 Å². The number of rotatable bonds is 7. The first-order valence-corrected chi connectivity index (χ1v) is 8.27. The normalized spacial score (nSPS) is 11.0. The van der Waals surface area contributed by atoms with Crippen molar-refractivity contribution in [2.45, 2.75) is 40.3 Å². The summed E-state index contributed by atoms with van der Waals surface area (Å²) in [7, 11) is 0. The Balaban J connectivity index is 1.95. The summed E-state index contributed by atoms with van der Waals surface area (Å²) >= 11 is 1.68. The SMILES string of the molecule is Cc1nccn1CCC(=O)N(Cc1ccsc1)CC(C)C. The topological polar surface area (TPSA) is 38.1 Å². The summed E-state index contributed by atoms with van der Waals surface area (Å²) in [5.74, 6) is 1.64. The van der Waals surface area contributed by atoms with Crippen LogP contribution in [0.1, 0.15) is 31.7 Å². The van der Waals surface area contributed by atoms with E-state index < -0.39 is 0 Å². The van der Waals surface area contributed by atoms with Crippen LogP contribution in [0.15, 0.2) is 29.2 Å². The second-order valence-electron chi connectivity index (χ2n) is 5.72. The number of thiophene rings is 1. The molecule has 114 valence electrons. The van der Waals surface area contributed by atoms with Crippen molar-refractivity contribution in [2.75, 3.05) is 6.54 Å². The van der Waals surface area contributed by atoms with Crippen molar-refractivity contribution in [2.24, 2.45) is 5.92 Å². The molecule has 0 saturated heterocycles. The summed E-state index contributed by atoms with van der Waals surface area (Å²) in [5.41, 5.74) is 1.22. The van der Waals surface area contributed by atoms with Crippen LogP contribution in [0.25, 0.3) is 0 Å². The molecule has 21 heavy (non-hydrogen) atoms. The lowest BCUT2D eigenvalue weighted by molar-refractivity contribution is -0.132. The smallest absolute Gasteiger partial charge is 0.224 e. The van der Waals surface area contributed by atoms with Crippen LogP contribution in [0, 0.1) is 12.8 Å². The van der Waals surface area contributed by atoms with Crippen LogP contribution >= 0.6 is 11.3 Å². The van der Waals surface area contributed by atoms with Crippen molar-refractivity contribution in [3.05, 3.63) is 40.6 Å². The Kier molecular flexibility index (Phi) is 5.56. The predicted molar refractivity (Wildman–Crippen MR) is 86.2 cm³/mol. The second-order valence-corrected chi connectivity index (χ2v) is 6.50. The van der Waals surface area contributed by atoms with Gasteiger partial charge in [0.05, 0.1) is 0 Å². The standard InChI is InChI=1S/C16H23N3OS/c1-13(2)10-19(11-15-5-9-21-12-15)16(20)4-7-18-8-6-17-14(18)3/h5-6,8-9,12-13H,4,7,10-11H2,1-3H3. The molecule has 0 aliphatic heterocycles. The second kappa shape index (κ2) is 7.41. The minimum atomic E-state index is 0.211. The van der Waals surface area contributed by atoms with Crippen molar-refractivity contribution >= 4 is 17.2 Å². The highest BCUT2D eigenvalue weighted by Gasteiger charge is 2.15. The van der Waals surface area contributed by atoms with Gasteiger partial charge in [0.1, 0.15) is 5.82 Å². The molecule has 2 aromatic rings. The van der Waals surface area contributed by atoms with Crippen molar-refractivity contribution in [1.82, 2.24) is 14.5 Å². The lowest BCUT2D eigenvalue weighted by atomic mass is 10.2. The summed E-state index contributed by atoms with van der Waals surface area (Å²) in [6, 6.07) is 2.09. The van der Waals surface area contributed by atoms with Gasteiger partial charge in [-0.1, -0.05) is 13.8 Å². The molecular weight excluding hydrogens is 282 g/mol. The Morgan fingerprint density at radius 3 is 2.86 bits per heavy atom. The fourth-order valence-electron chi connectivity index (χ4n) is 2.31. The quantitative estimate of drug-likeness (QED) is 0.787. The molecule has 0 aliphatic rings. The van der Waals surface area contributed by atoms with E-state index in [-0.39, 0.29) is 5.91 Å². The maximum absolute atomic E-state index is 12.5. The highest BCUT2D eigenvalue weighted by Crippen LogP contribution is 2.13. The zero-order valence-corrected chi connectivity index (χ0v) is 13.8. The van der Waals surface area contributed by atoms with E-state index in [0.29, 0.717) is 25.4 Å². The molecular formula is C16H23N3OS. The van der Waals surface area contributed by atoms with Crippen LogP contribution in [0.3, 0.4) is 0 Å². The average Bonchev–Trinajstić information content (AvgIpc) is 3.06. The molecule has 0 spiro atoms. The third kappa shape index (κ3) is 4.70. The number of hydrogen-bond donors (Lipinski definition) is 0. The summed E-state index contributed by atoms with van der Waals surface area (Å²) in [5, 5.41) is 4.17. The van der Waals surface area contributed by atoms with Crippen molar-refractivity contribution in [3.8, 4) is 0 Å². The van der Waals surface area contributed by atoms with E-state index >= 15 is 0 Å². The van der Waals surface area contributed by atoms with Gasteiger partial charge in [-0.2, -0.15) is 11.3 Å². The van der Waals surface area contributed by atoms with Gasteiger partial charge in [0, 0.05) is 38.4 Å². The zero-order valence-electron chi connectivity index (χ0n) is 13.0. The van der Waals surface area contributed by atoms with E-state index in [1.807, 2.05) is 22.6 Å². The van der Waals surface area contributed by atoms with Crippen LogP contribution in [0.2, 0.25) is 0 Å². The Morgan fingerprint density at radius 2 is 2.29 bits per heavy atom. The summed E-state index contributed by atoms with van der Waals surface area (Å²) in [6.07, 6.45) is 4.22. The maximum atomic E-state index is 12.5. The minimum Gasteiger partial charge on any atom is -0.338 e. The maximum Gasteiger partial charge on any atom is 0.224 e. The van der Waals surface area contributed by atoms with Crippen molar-refractivity contribution in [3.63, 3.8) is 0 Å². The van der Waals surface area contributed by atoms with Gasteiger partial charge in [-0.25, -0.2) is 4.98 Å². The number of hydrogen-bond acceptors (Lipinski definition) is 3. The third-order valence-electron chi connectivity index (χ3n) is 3.38. The van der Waals surface area contributed by atoms with E-state index in [0.717, 1.165) is 12.4 Å². The number of nitrogens with zero attached hydrogens (tertiary/aromatic N) is 3. The molecule has 0 atom stereocenters. The molecule has 5 heteroatoms. The summed E-state index contributed by atoms with van der Waals surface area (Å²) in [6.45, 7) is 8.47. The van der Waals surface area contributed by atoms with Gasteiger partial charge < -0.3 is 9.47 Å². The van der Waals surface area contributed by atoms with E-state index in [1.54, 1.807) is 17.5 Å². The number of amides is 1. The first-order chi connectivity index (χ1) is 10.1. The lowest BCUT2D eigenvalue weighted by Crippen LogP contribution is -2.34. The van der Waals surface area contributed by atoms with E-state index in [4.69, 9.17) is 0 Å². The van der Waals surface area contributed by atoms with Gasteiger partial charge >= 0.3 is 0 Å². The monoisotopic (exact) mass is 305 g/mol. The fraction of sp³-hybridized carbons (Fsp3) is 0.500. The largest absolute Gasteiger partial charge is 0.338 e. The molecule has 2 aromatic heterocycles. The van der Waals surface area contributed by atoms with Gasteiger partial charge in [0.2, 0.25) is 5.91 Å². The highest BCUT2D eigenvalue weighted by molar-refractivity contribution is 7.07. The van der Waals surface area contributed by atoms with Gasteiger partial charge in [0.15, 0.2) is 0 Å². The fourth-order valence-corrected chi connectivity index (χ4v) is 2.97. The number of imidazole rings is 1. The molecule has 2 rings (SSSR count). The summed E-state index contributed by atoms with van der Waals surface area (Å²) in [4.78, 5) is 18.7. The molecule has 0 fully saturated rings. The highest BCUT2D eigenvalue weighted by atomic mass is 32.1. The van der Waals surface area contributed by atoms with Crippen LogP contribution in [-0.2, 0) is 17.9 Å². The molecule has 0 radical (unpaired) electrons. The van der Waals surface area contributed by atoms with Crippen LogP contribution < -0.4 is 0 Å². The molecule has 0 unspecified atom stereocenters. The first-order valence-electron chi connectivity index (χ1n) is 7.33. The predicted octanol–water partition coefficient (Wildman–Crippen LogP) is 3.33. The lowest BCUT2D eigenvalue weighted by Gasteiger charge is -2.24. The van der Waals surface area contributed by atoms with Gasteiger partial charge in [-0.05, 0) is 35.2 Å². The molecule has 4 nitrogen and oxygen atoms in total.